The van der Waals surface area contributed by atoms with Crippen molar-refractivity contribution in [2.75, 3.05) is 6.54 Å². The molecular formula is C23H23NO2. The van der Waals surface area contributed by atoms with Crippen LogP contribution in [0.5, 0.6) is 5.75 Å². The first kappa shape index (κ1) is 16.8. The number of benzene rings is 2. The predicted octanol–water partition coefficient (Wildman–Crippen LogP) is 5.10. The summed E-state index contributed by atoms with van der Waals surface area (Å²) >= 11 is 0. The van der Waals surface area contributed by atoms with E-state index in [4.69, 9.17) is 4.74 Å². The van der Waals surface area contributed by atoms with Crippen LogP contribution in [0.25, 0.3) is 5.57 Å². The molecule has 0 saturated carbocycles. The number of ether oxygens (including phenoxy) is 1. The number of fused-ring (bicyclic) bond motifs is 1. The highest BCUT2D eigenvalue weighted by Crippen LogP contribution is 2.38. The predicted molar refractivity (Wildman–Crippen MR) is 105 cm³/mol. The van der Waals surface area contributed by atoms with E-state index in [1.807, 2.05) is 36.4 Å². The number of nitrogens with zero attached hydrogens (tertiary/aromatic N) is 1. The average Bonchev–Trinajstić information content (AvgIpc) is 3.18. The van der Waals surface area contributed by atoms with Gasteiger partial charge >= 0.3 is 0 Å². The van der Waals surface area contributed by atoms with E-state index >= 15 is 0 Å². The van der Waals surface area contributed by atoms with E-state index in [1.165, 1.54) is 0 Å². The van der Waals surface area contributed by atoms with Crippen LogP contribution < -0.4 is 4.74 Å². The Kier molecular flexibility index (Phi) is 4.23. The van der Waals surface area contributed by atoms with Crippen molar-refractivity contribution >= 4 is 17.1 Å². The maximum absolute atomic E-state index is 12.7. The van der Waals surface area contributed by atoms with E-state index in [-0.39, 0.29) is 11.4 Å². The van der Waals surface area contributed by atoms with Crippen LogP contribution in [0.15, 0.2) is 59.6 Å². The highest BCUT2D eigenvalue weighted by molar-refractivity contribution is 6.15. The number of hydrogen-bond acceptors (Lipinski definition) is 3. The van der Waals surface area contributed by atoms with Gasteiger partial charge in [-0.2, -0.15) is 0 Å². The third-order valence-corrected chi connectivity index (χ3v) is 5.55. The lowest BCUT2D eigenvalue weighted by molar-refractivity contribution is 0.0350. The maximum Gasteiger partial charge on any atom is 0.170 e. The Hall–Kier alpha value is -2.68. The number of hydrogen-bond donors (Lipinski definition) is 0. The summed E-state index contributed by atoms with van der Waals surface area (Å²) in [4.78, 5) is 17.4. The van der Waals surface area contributed by atoms with Gasteiger partial charge in [0.05, 0.1) is 24.2 Å². The summed E-state index contributed by atoms with van der Waals surface area (Å²) in [7, 11) is 0. The molecule has 0 spiro atoms. The van der Waals surface area contributed by atoms with Crippen LogP contribution in [0.3, 0.4) is 0 Å². The molecule has 0 bridgehead atoms. The molecule has 132 valence electrons. The largest absolute Gasteiger partial charge is 0.486 e. The van der Waals surface area contributed by atoms with Crippen molar-refractivity contribution in [3.63, 3.8) is 0 Å². The molecular weight excluding hydrogens is 322 g/mol. The van der Waals surface area contributed by atoms with E-state index in [2.05, 4.69) is 37.0 Å². The fourth-order valence-electron chi connectivity index (χ4n) is 3.72. The number of allylic oxidation sites excluding steroid dienone is 1. The molecule has 0 aliphatic carbocycles. The van der Waals surface area contributed by atoms with Crippen LogP contribution in [0.2, 0.25) is 0 Å². The maximum atomic E-state index is 12.7. The summed E-state index contributed by atoms with van der Waals surface area (Å²) in [6.45, 7) is 4.82. The summed E-state index contributed by atoms with van der Waals surface area (Å²) in [5.74, 6) is 0.899. The Bertz CT molecular complexity index is 905. The molecule has 2 aromatic rings. The quantitative estimate of drug-likeness (QED) is 0.773. The molecule has 4 rings (SSSR count). The first-order chi connectivity index (χ1) is 12.6. The molecule has 0 atom stereocenters. The van der Waals surface area contributed by atoms with E-state index in [1.54, 1.807) is 0 Å². The Morgan fingerprint density at radius 3 is 2.54 bits per heavy atom. The topological polar surface area (TPSA) is 38.7 Å². The molecule has 2 aromatic carbocycles. The molecule has 0 radical (unpaired) electrons. The van der Waals surface area contributed by atoms with Gasteiger partial charge in [0, 0.05) is 0 Å². The zero-order valence-corrected chi connectivity index (χ0v) is 15.3. The minimum absolute atomic E-state index is 0.180. The summed E-state index contributed by atoms with van der Waals surface area (Å²) in [5.41, 5.74) is 4.67. The van der Waals surface area contributed by atoms with E-state index in [0.717, 1.165) is 41.0 Å². The van der Waals surface area contributed by atoms with Crippen molar-refractivity contribution in [2.45, 2.75) is 38.7 Å². The monoisotopic (exact) mass is 345 g/mol. The van der Waals surface area contributed by atoms with Gasteiger partial charge in [-0.3, -0.25) is 9.79 Å². The highest BCUT2D eigenvalue weighted by Gasteiger charge is 2.37. The second-order valence-corrected chi connectivity index (χ2v) is 7.04. The van der Waals surface area contributed by atoms with Gasteiger partial charge in [-0.05, 0) is 47.8 Å². The minimum atomic E-state index is -0.345. The molecule has 0 N–H and O–H groups in total. The van der Waals surface area contributed by atoms with Gasteiger partial charge in [0.2, 0.25) is 0 Å². The van der Waals surface area contributed by atoms with Crippen molar-refractivity contribution < 1.29 is 9.53 Å². The molecule has 26 heavy (non-hydrogen) atoms. The molecule has 3 nitrogen and oxygen atoms in total. The minimum Gasteiger partial charge on any atom is -0.486 e. The van der Waals surface area contributed by atoms with Crippen LogP contribution in [-0.2, 0) is 0 Å². The molecule has 2 heterocycles. The first-order valence-corrected chi connectivity index (χ1v) is 9.31. The summed E-state index contributed by atoms with van der Waals surface area (Å²) in [5, 5.41) is 0. The molecule has 2 aliphatic heterocycles. The van der Waals surface area contributed by atoms with Crippen molar-refractivity contribution in [2.24, 2.45) is 4.99 Å². The van der Waals surface area contributed by atoms with Crippen molar-refractivity contribution in [1.82, 2.24) is 0 Å². The van der Waals surface area contributed by atoms with Gasteiger partial charge in [-0.15, -0.1) is 0 Å². The van der Waals surface area contributed by atoms with Crippen molar-refractivity contribution in [1.29, 1.82) is 0 Å². The number of rotatable bonds is 4. The number of Topliss-reactive ketones (excluding diaryl/α,β-unsaturated/α-hetero) is 1. The lowest BCUT2D eigenvalue weighted by Gasteiger charge is -2.36. The number of carbonyl (C=O) groups excluding carboxylic acids is 1. The smallest absolute Gasteiger partial charge is 0.170 e. The van der Waals surface area contributed by atoms with E-state index in [9.17, 15) is 4.79 Å². The SMILES string of the molecule is CCC1(CC)CC(=O)c2cc(C3=CC(c4ccccc4)=NC3)ccc2O1. The van der Waals surface area contributed by atoms with Crippen LogP contribution in [0, 0.1) is 0 Å². The highest BCUT2D eigenvalue weighted by atomic mass is 16.5. The van der Waals surface area contributed by atoms with Crippen LogP contribution in [0.4, 0.5) is 0 Å². The second-order valence-electron chi connectivity index (χ2n) is 7.04. The van der Waals surface area contributed by atoms with E-state index in [0.29, 0.717) is 18.5 Å². The summed E-state index contributed by atoms with van der Waals surface area (Å²) < 4.78 is 6.23. The lowest BCUT2D eigenvalue weighted by Crippen LogP contribution is -2.40. The van der Waals surface area contributed by atoms with Crippen LogP contribution in [0.1, 0.15) is 54.6 Å². The Balaban J connectivity index is 1.63. The fraction of sp³-hybridized carbons (Fsp3) is 0.304. The lowest BCUT2D eigenvalue weighted by atomic mass is 9.85. The number of ketones is 1. The molecule has 0 unspecified atom stereocenters. The van der Waals surface area contributed by atoms with Crippen LogP contribution in [-0.4, -0.2) is 23.6 Å². The third-order valence-electron chi connectivity index (χ3n) is 5.55. The molecule has 3 heteroatoms. The van der Waals surface area contributed by atoms with Gasteiger partial charge in [0.25, 0.3) is 0 Å². The Morgan fingerprint density at radius 1 is 1.04 bits per heavy atom. The Labute approximate surface area is 154 Å². The molecule has 0 aromatic heterocycles. The average molecular weight is 345 g/mol. The standard InChI is InChI=1S/C23H23NO2/c1-3-23(4-2)14-21(25)19-12-17(10-11-22(19)26-23)18-13-20(24-15-18)16-8-6-5-7-9-16/h5-13H,3-4,14-15H2,1-2H3. The second kappa shape index (κ2) is 6.56. The van der Waals surface area contributed by atoms with Crippen molar-refractivity contribution in [3.8, 4) is 5.75 Å². The van der Waals surface area contributed by atoms with Crippen LogP contribution >= 0.6 is 0 Å². The molecule has 0 amide bonds. The fourth-order valence-corrected chi connectivity index (χ4v) is 3.72. The normalized spacial score (nSPS) is 18.0. The van der Waals surface area contributed by atoms with Gasteiger partial charge in [0.15, 0.2) is 5.78 Å². The molecule has 2 aliphatic rings. The Morgan fingerprint density at radius 2 is 1.81 bits per heavy atom. The zero-order chi connectivity index (χ0) is 18.1. The number of aliphatic imine (C=N–C) groups is 1. The van der Waals surface area contributed by atoms with Gasteiger partial charge in [-0.1, -0.05) is 50.2 Å². The summed E-state index contributed by atoms with van der Waals surface area (Å²) in [6.07, 6.45) is 4.26. The van der Waals surface area contributed by atoms with E-state index < -0.39 is 0 Å². The summed E-state index contributed by atoms with van der Waals surface area (Å²) in [6, 6.07) is 16.1. The van der Waals surface area contributed by atoms with Gasteiger partial charge < -0.3 is 4.74 Å². The zero-order valence-electron chi connectivity index (χ0n) is 15.3. The van der Waals surface area contributed by atoms with Gasteiger partial charge in [-0.25, -0.2) is 0 Å². The molecule has 0 fully saturated rings. The third kappa shape index (κ3) is 2.88. The van der Waals surface area contributed by atoms with Gasteiger partial charge in [0.1, 0.15) is 11.4 Å². The molecule has 0 saturated heterocycles. The number of carbonyl (C=O) groups is 1. The van der Waals surface area contributed by atoms with Crippen molar-refractivity contribution in [3.05, 3.63) is 71.3 Å². The first-order valence-electron chi connectivity index (χ1n) is 9.31.